The molecule has 1 aliphatic carbocycles. The van der Waals surface area contributed by atoms with Gasteiger partial charge < -0.3 is 5.11 Å². The quantitative estimate of drug-likeness (QED) is 0.408. The standard InChI is InChI=1S/C6H9F2O.K/c1-4-2-5(3-9)6(4,7)8;/h4-5H,2-3H2,1H3;/q-1;+1/t4-,5+;/m1./s1. The summed E-state index contributed by atoms with van der Waals surface area (Å²) in [4.78, 5) is 0. The molecule has 0 heterocycles. The van der Waals surface area contributed by atoms with Gasteiger partial charge in [0.05, 0.1) is 0 Å². The number of alkyl halides is 2. The largest absolute Gasteiger partial charge is 1.00 e. The van der Waals surface area contributed by atoms with Crippen LogP contribution in [0.4, 0.5) is 8.78 Å². The van der Waals surface area contributed by atoms with Crippen molar-refractivity contribution in [1.82, 2.24) is 0 Å². The minimum Gasteiger partial charge on any atom is -0.854 e. The third-order valence-corrected chi connectivity index (χ3v) is 2.04. The van der Waals surface area contributed by atoms with Crippen LogP contribution < -0.4 is 56.5 Å². The van der Waals surface area contributed by atoms with Crippen molar-refractivity contribution in [2.24, 2.45) is 11.8 Å². The van der Waals surface area contributed by atoms with Gasteiger partial charge in [-0.3, -0.25) is 0 Å². The Kier molecular flexibility index (Phi) is 4.48. The van der Waals surface area contributed by atoms with Crippen molar-refractivity contribution >= 4 is 0 Å². The Morgan fingerprint density at radius 1 is 1.60 bits per heavy atom. The molecule has 1 aliphatic rings. The van der Waals surface area contributed by atoms with Gasteiger partial charge in [-0.15, -0.1) is 6.61 Å². The van der Waals surface area contributed by atoms with Crippen LogP contribution in [-0.2, 0) is 0 Å². The van der Waals surface area contributed by atoms with E-state index in [4.69, 9.17) is 0 Å². The van der Waals surface area contributed by atoms with Crippen LogP contribution in [0.1, 0.15) is 13.3 Å². The summed E-state index contributed by atoms with van der Waals surface area (Å²) in [6.45, 7) is 0.851. The Labute approximate surface area is 102 Å². The number of rotatable bonds is 1. The van der Waals surface area contributed by atoms with Crippen molar-refractivity contribution in [3.8, 4) is 0 Å². The molecule has 1 rings (SSSR count). The van der Waals surface area contributed by atoms with Gasteiger partial charge >= 0.3 is 51.4 Å². The Bertz CT molecular complexity index is 118. The van der Waals surface area contributed by atoms with E-state index in [1.807, 2.05) is 0 Å². The maximum atomic E-state index is 12.4. The van der Waals surface area contributed by atoms with Crippen LogP contribution in [0.5, 0.6) is 0 Å². The van der Waals surface area contributed by atoms with Crippen LogP contribution in [-0.4, -0.2) is 12.5 Å². The Balaban J connectivity index is 0.000000810. The van der Waals surface area contributed by atoms with E-state index in [9.17, 15) is 13.9 Å². The summed E-state index contributed by atoms with van der Waals surface area (Å²) in [5, 5.41) is 9.99. The second-order valence-corrected chi connectivity index (χ2v) is 2.67. The molecule has 4 heteroatoms. The fourth-order valence-corrected chi connectivity index (χ4v) is 1.16. The van der Waals surface area contributed by atoms with Crippen molar-refractivity contribution in [1.29, 1.82) is 0 Å². The molecule has 0 unspecified atom stereocenters. The molecule has 0 aromatic heterocycles. The maximum absolute atomic E-state index is 12.4. The SMILES string of the molecule is C[C@@H]1C[C@@H](C[O-])C1(F)F.[K+]. The molecule has 0 bridgehead atoms. The van der Waals surface area contributed by atoms with E-state index in [2.05, 4.69) is 0 Å². The first kappa shape index (κ1) is 11.5. The van der Waals surface area contributed by atoms with E-state index in [0.29, 0.717) is 6.42 Å². The monoisotopic (exact) mass is 174 g/mol. The van der Waals surface area contributed by atoms with Crippen LogP contribution in [0.15, 0.2) is 0 Å². The predicted octanol–water partition coefficient (Wildman–Crippen LogP) is -2.36. The molecule has 0 aromatic rings. The van der Waals surface area contributed by atoms with Gasteiger partial charge in [-0.1, -0.05) is 6.92 Å². The van der Waals surface area contributed by atoms with Gasteiger partial charge in [0.25, 0.3) is 5.92 Å². The average molecular weight is 174 g/mol. The van der Waals surface area contributed by atoms with Gasteiger partial charge in [0.2, 0.25) is 0 Å². The van der Waals surface area contributed by atoms with Gasteiger partial charge in [-0.2, -0.15) is 0 Å². The van der Waals surface area contributed by atoms with Gasteiger partial charge in [-0.05, 0) is 6.42 Å². The van der Waals surface area contributed by atoms with E-state index in [0.717, 1.165) is 0 Å². The van der Waals surface area contributed by atoms with E-state index >= 15 is 0 Å². The second kappa shape index (κ2) is 3.91. The molecule has 0 N–H and O–H groups in total. The van der Waals surface area contributed by atoms with Gasteiger partial charge in [0, 0.05) is 11.8 Å². The Morgan fingerprint density at radius 2 is 2.10 bits per heavy atom. The number of halogens is 2. The Morgan fingerprint density at radius 3 is 2.20 bits per heavy atom. The molecule has 0 spiro atoms. The minimum absolute atomic E-state index is 0. The summed E-state index contributed by atoms with van der Waals surface area (Å²) in [6.07, 6.45) is 0.399. The number of hydrogen-bond acceptors (Lipinski definition) is 1. The van der Waals surface area contributed by atoms with E-state index < -0.39 is 24.4 Å². The topological polar surface area (TPSA) is 23.1 Å². The smallest absolute Gasteiger partial charge is 0.854 e. The second-order valence-electron chi connectivity index (χ2n) is 2.67. The summed E-state index contributed by atoms with van der Waals surface area (Å²) in [6, 6.07) is 0. The average Bonchev–Trinajstić information content (AvgIpc) is 1.82. The molecular weight excluding hydrogens is 165 g/mol. The maximum Gasteiger partial charge on any atom is 1.00 e. The van der Waals surface area contributed by atoms with Crippen molar-refractivity contribution in [3.63, 3.8) is 0 Å². The van der Waals surface area contributed by atoms with E-state index in [1.165, 1.54) is 6.92 Å². The molecule has 0 saturated heterocycles. The fourth-order valence-electron chi connectivity index (χ4n) is 1.16. The minimum atomic E-state index is -2.66. The van der Waals surface area contributed by atoms with Crippen LogP contribution in [0.2, 0.25) is 0 Å². The van der Waals surface area contributed by atoms with Crippen LogP contribution >= 0.6 is 0 Å². The Hall–Kier alpha value is 1.46. The fraction of sp³-hybridized carbons (Fsp3) is 1.00. The molecule has 1 fully saturated rings. The van der Waals surface area contributed by atoms with Gasteiger partial charge in [-0.25, -0.2) is 8.78 Å². The van der Waals surface area contributed by atoms with E-state index in [1.54, 1.807) is 0 Å². The van der Waals surface area contributed by atoms with Crippen molar-refractivity contribution in [3.05, 3.63) is 0 Å². The molecule has 1 saturated carbocycles. The zero-order valence-electron chi connectivity index (χ0n) is 6.23. The summed E-state index contributed by atoms with van der Waals surface area (Å²) < 4.78 is 24.8. The zero-order valence-corrected chi connectivity index (χ0v) is 9.36. The van der Waals surface area contributed by atoms with E-state index in [-0.39, 0.29) is 51.4 Å². The molecule has 1 nitrogen and oxygen atoms in total. The number of hydrogen-bond donors (Lipinski definition) is 0. The first-order chi connectivity index (χ1) is 4.09. The third-order valence-electron chi connectivity index (χ3n) is 2.04. The van der Waals surface area contributed by atoms with Gasteiger partial charge in [0.15, 0.2) is 0 Å². The molecule has 0 aromatic carbocycles. The molecule has 0 amide bonds. The van der Waals surface area contributed by atoms with Gasteiger partial charge in [0.1, 0.15) is 0 Å². The third kappa shape index (κ3) is 1.79. The molecule has 2 atom stereocenters. The summed E-state index contributed by atoms with van der Waals surface area (Å²) in [7, 11) is 0. The summed E-state index contributed by atoms with van der Waals surface area (Å²) in [5.74, 6) is -4.12. The van der Waals surface area contributed by atoms with Crippen molar-refractivity contribution in [2.75, 3.05) is 6.61 Å². The molecule has 0 aliphatic heterocycles. The summed E-state index contributed by atoms with van der Waals surface area (Å²) >= 11 is 0. The normalized spacial score (nSPS) is 36.0. The van der Waals surface area contributed by atoms with Crippen LogP contribution in [0.25, 0.3) is 0 Å². The van der Waals surface area contributed by atoms with Crippen LogP contribution in [0.3, 0.4) is 0 Å². The summed E-state index contributed by atoms with van der Waals surface area (Å²) in [5.41, 5.74) is 0. The first-order valence-electron chi connectivity index (χ1n) is 3.05. The molecular formula is C6H9F2KO. The zero-order chi connectivity index (χ0) is 7.07. The predicted molar refractivity (Wildman–Crippen MR) is 27.1 cm³/mol. The molecule has 0 radical (unpaired) electrons. The molecule has 54 valence electrons. The van der Waals surface area contributed by atoms with Crippen molar-refractivity contribution < 1.29 is 65.3 Å². The first-order valence-corrected chi connectivity index (χ1v) is 3.05. The van der Waals surface area contributed by atoms with Crippen LogP contribution in [0, 0.1) is 11.8 Å². The van der Waals surface area contributed by atoms with Crippen molar-refractivity contribution in [2.45, 2.75) is 19.3 Å². The molecule has 10 heavy (non-hydrogen) atoms.